The number of nitrogens with one attached hydrogen (secondary N) is 1. The lowest BCUT2D eigenvalue weighted by atomic mass is 10.2. The third kappa shape index (κ3) is 4.51. The number of para-hydroxylation sites is 1. The number of likely N-dealkylation sites (N-methyl/N-ethyl adjacent to an activating group) is 1. The summed E-state index contributed by atoms with van der Waals surface area (Å²) in [6.45, 7) is 9.58. The molecule has 0 aliphatic carbocycles. The van der Waals surface area contributed by atoms with Crippen LogP contribution in [0.2, 0.25) is 0 Å². The Balaban J connectivity index is 1.90. The highest BCUT2D eigenvalue weighted by Gasteiger charge is 2.19. The van der Waals surface area contributed by atoms with E-state index in [0.29, 0.717) is 12.3 Å². The van der Waals surface area contributed by atoms with E-state index < -0.39 is 0 Å². The summed E-state index contributed by atoms with van der Waals surface area (Å²) < 4.78 is 11.4. The van der Waals surface area contributed by atoms with Gasteiger partial charge in [0.1, 0.15) is 5.75 Å². The van der Waals surface area contributed by atoms with E-state index in [-0.39, 0.29) is 6.10 Å². The van der Waals surface area contributed by atoms with Crippen LogP contribution in [0.3, 0.4) is 0 Å². The van der Waals surface area contributed by atoms with Gasteiger partial charge in [-0.05, 0) is 25.1 Å². The molecule has 1 aliphatic heterocycles. The van der Waals surface area contributed by atoms with Gasteiger partial charge in [0.05, 0.1) is 30.7 Å². The molecule has 1 aromatic rings. The van der Waals surface area contributed by atoms with Crippen LogP contribution in [0.4, 0.5) is 11.4 Å². The van der Waals surface area contributed by atoms with Crippen molar-refractivity contribution in [2.45, 2.75) is 26.4 Å². The molecule has 1 aliphatic rings. The average Bonchev–Trinajstić information content (AvgIpc) is 2.53. The van der Waals surface area contributed by atoms with Crippen molar-refractivity contribution in [1.82, 2.24) is 4.90 Å². The van der Waals surface area contributed by atoms with E-state index in [0.717, 1.165) is 50.6 Å². The van der Waals surface area contributed by atoms with E-state index in [4.69, 9.17) is 15.2 Å². The molecule has 2 rings (SSSR count). The van der Waals surface area contributed by atoms with Crippen LogP contribution in [-0.2, 0) is 4.74 Å². The number of rotatable bonds is 7. The van der Waals surface area contributed by atoms with E-state index in [1.54, 1.807) is 0 Å². The van der Waals surface area contributed by atoms with Crippen molar-refractivity contribution in [2.24, 2.45) is 0 Å². The van der Waals surface area contributed by atoms with Crippen LogP contribution in [0.1, 0.15) is 20.3 Å². The van der Waals surface area contributed by atoms with Crippen LogP contribution < -0.4 is 15.8 Å². The topological polar surface area (TPSA) is 59.8 Å². The average molecular weight is 293 g/mol. The smallest absolute Gasteiger partial charge is 0.144 e. The third-order valence-corrected chi connectivity index (χ3v) is 3.72. The SMILES string of the molecule is CCCOc1cccc(NCC2CN(CC)CCO2)c1N. The van der Waals surface area contributed by atoms with Gasteiger partial charge in [-0.2, -0.15) is 0 Å². The molecule has 0 aromatic heterocycles. The van der Waals surface area contributed by atoms with E-state index >= 15 is 0 Å². The highest BCUT2D eigenvalue weighted by atomic mass is 16.5. The van der Waals surface area contributed by atoms with Crippen LogP contribution in [0, 0.1) is 0 Å². The Morgan fingerprint density at radius 3 is 3.05 bits per heavy atom. The Bertz CT molecular complexity index is 440. The molecule has 21 heavy (non-hydrogen) atoms. The Labute approximate surface area is 127 Å². The second-order valence-electron chi connectivity index (χ2n) is 5.33. The predicted molar refractivity (Wildman–Crippen MR) is 87.0 cm³/mol. The molecule has 1 aromatic carbocycles. The molecule has 1 fully saturated rings. The summed E-state index contributed by atoms with van der Waals surface area (Å²) in [6.07, 6.45) is 1.18. The van der Waals surface area contributed by atoms with Crippen molar-refractivity contribution in [3.63, 3.8) is 0 Å². The van der Waals surface area contributed by atoms with Crippen LogP contribution in [0.5, 0.6) is 5.75 Å². The molecule has 1 atom stereocenters. The molecule has 0 spiro atoms. The fraction of sp³-hybridized carbons (Fsp3) is 0.625. The lowest BCUT2D eigenvalue weighted by molar-refractivity contribution is -0.0191. The first kappa shape index (κ1) is 15.9. The monoisotopic (exact) mass is 293 g/mol. The molecule has 5 heteroatoms. The van der Waals surface area contributed by atoms with Gasteiger partial charge in [0.2, 0.25) is 0 Å². The summed E-state index contributed by atoms with van der Waals surface area (Å²) in [5, 5.41) is 3.39. The number of nitrogen functional groups attached to an aromatic ring is 1. The van der Waals surface area contributed by atoms with Crippen LogP contribution in [0.15, 0.2) is 18.2 Å². The fourth-order valence-corrected chi connectivity index (χ4v) is 2.45. The van der Waals surface area contributed by atoms with Gasteiger partial charge in [0, 0.05) is 19.6 Å². The Kier molecular flexibility index (Phi) is 6.14. The minimum absolute atomic E-state index is 0.207. The molecular weight excluding hydrogens is 266 g/mol. The molecular formula is C16H27N3O2. The molecule has 0 radical (unpaired) electrons. The minimum atomic E-state index is 0.207. The van der Waals surface area contributed by atoms with Crippen molar-refractivity contribution < 1.29 is 9.47 Å². The molecule has 3 N–H and O–H groups in total. The van der Waals surface area contributed by atoms with Crippen molar-refractivity contribution in [2.75, 3.05) is 50.4 Å². The van der Waals surface area contributed by atoms with Crippen LogP contribution in [-0.4, -0.2) is 50.4 Å². The predicted octanol–water partition coefficient (Wildman–Crippen LogP) is 2.19. The second kappa shape index (κ2) is 8.10. The molecule has 1 unspecified atom stereocenters. The molecule has 1 heterocycles. The maximum absolute atomic E-state index is 6.15. The van der Waals surface area contributed by atoms with E-state index in [9.17, 15) is 0 Å². The summed E-state index contributed by atoms with van der Waals surface area (Å²) >= 11 is 0. The number of nitrogens with two attached hydrogens (primary N) is 1. The van der Waals surface area contributed by atoms with Gasteiger partial charge in [-0.25, -0.2) is 0 Å². The molecule has 118 valence electrons. The maximum Gasteiger partial charge on any atom is 0.144 e. The zero-order valence-electron chi connectivity index (χ0n) is 13.1. The number of nitrogens with zero attached hydrogens (tertiary/aromatic N) is 1. The quantitative estimate of drug-likeness (QED) is 0.755. The summed E-state index contributed by atoms with van der Waals surface area (Å²) in [4.78, 5) is 2.40. The number of morpholine rings is 1. The lowest BCUT2D eigenvalue weighted by Gasteiger charge is -2.32. The van der Waals surface area contributed by atoms with Gasteiger partial charge in [0.25, 0.3) is 0 Å². The number of anilines is 2. The summed E-state index contributed by atoms with van der Waals surface area (Å²) in [6, 6.07) is 5.85. The largest absolute Gasteiger partial charge is 0.491 e. The van der Waals surface area contributed by atoms with Crippen molar-refractivity contribution in [3.05, 3.63) is 18.2 Å². The van der Waals surface area contributed by atoms with Crippen LogP contribution >= 0.6 is 0 Å². The van der Waals surface area contributed by atoms with Gasteiger partial charge in [-0.15, -0.1) is 0 Å². The highest BCUT2D eigenvalue weighted by Crippen LogP contribution is 2.29. The first-order chi connectivity index (χ1) is 10.2. The Morgan fingerprint density at radius 2 is 2.29 bits per heavy atom. The standard InChI is InChI=1S/C16H27N3O2/c1-3-9-21-15-7-5-6-14(16(15)17)18-11-13-12-19(4-2)8-10-20-13/h5-7,13,18H,3-4,8-12,17H2,1-2H3. The number of benzene rings is 1. The zero-order chi connectivity index (χ0) is 15.1. The van der Waals surface area contributed by atoms with Crippen LogP contribution in [0.25, 0.3) is 0 Å². The second-order valence-corrected chi connectivity index (χ2v) is 5.33. The molecule has 1 saturated heterocycles. The zero-order valence-corrected chi connectivity index (χ0v) is 13.1. The number of hydrogen-bond acceptors (Lipinski definition) is 5. The van der Waals surface area contributed by atoms with Gasteiger partial charge < -0.3 is 20.5 Å². The van der Waals surface area contributed by atoms with Crippen molar-refractivity contribution >= 4 is 11.4 Å². The van der Waals surface area contributed by atoms with E-state index in [2.05, 4.69) is 24.1 Å². The minimum Gasteiger partial charge on any atom is -0.491 e. The van der Waals surface area contributed by atoms with Gasteiger partial charge >= 0.3 is 0 Å². The van der Waals surface area contributed by atoms with E-state index in [1.807, 2.05) is 18.2 Å². The van der Waals surface area contributed by atoms with E-state index in [1.165, 1.54) is 0 Å². The first-order valence-electron chi connectivity index (χ1n) is 7.83. The normalized spacial score (nSPS) is 19.4. The van der Waals surface area contributed by atoms with Crippen molar-refractivity contribution in [1.29, 1.82) is 0 Å². The first-order valence-corrected chi connectivity index (χ1v) is 7.83. The molecule has 0 saturated carbocycles. The fourth-order valence-electron chi connectivity index (χ4n) is 2.45. The Hall–Kier alpha value is -1.46. The molecule has 0 amide bonds. The summed E-state index contributed by atoms with van der Waals surface area (Å²) in [5.41, 5.74) is 7.75. The van der Waals surface area contributed by atoms with Crippen molar-refractivity contribution in [3.8, 4) is 5.75 Å². The Morgan fingerprint density at radius 1 is 1.43 bits per heavy atom. The lowest BCUT2D eigenvalue weighted by Crippen LogP contribution is -2.45. The number of hydrogen-bond donors (Lipinski definition) is 2. The van der Waals surface area contributed by atoms with Gasteiger partial charge in [-0.1, -0.05) is 19.9 Å². The summed E-state index contributed by atoms with van der Waals surface area (Å²) in [7, 11) is 0. The maximum atomic E-state index is 6.15. The van der Waals surface area contributed by atoms with Gasteiger partial charge in [-0.3, -0.25) is 4.90 Å². The molecule has 0 bridgehead atoms. The van der Waals surface area contributed by atoms with Gasteiger partial charge in [0.15, 0.2) is 0 Å². The molecule has 5 nitrogen and oxygen atoms in total. The summed E-state index contributed by atoms with van der Waals surface area (Å²) in [5.74, 6) is 0.751. The number of ether oxygens (including phenoxy) is 2. The third-order valence-electron chi connectivity index (χ3n) is 3.72. The highest BCUT2D eigenvalue weighted by molar-refractivity contribution is 5.72.